The fraction of sp³-hybridized carbons (Fsp3) is 0.538. The van der Waals surface area contributed by atoms with Crippen molar-refractivity contribution in [2.24, 2.45) is 5.92 Å². The van der Waals surface area contributed by atoms with Gasteiger partial charge in [-0.1, -0.05) is 0 Å². The molecular weight excluding hydrogens is 245 g/mol. The molecule has 2 aliphatic heterocycles. The van der Waals surface area contributed by atoms with Crippen molar-refractivity contribution in [2.75, 3.05) is 24.5 Å². The summed E-state index contributed by atoms with van der Waals surface area (Å²) in [7, 11) is 0. The average Bonchev–Trinajstić information content (AvgIpc) is 3.00. The lowest BCUT2D eigenvalue weighted by Crippen LogP contribution is -2.40. The van der Waals surface area contributed by atoms with Gasteiger partial charge in [0.05, 0.1) is 6.20 Å². The highest BCUT2D eigenvalue weighted by Gasteiger charge is 2.35. The minimum absolute atomic E-state index is 0.291. The Labute approximate surface area is 110 Å². The van der Waals surface area contributed by atoms with Crippen LogP contribution < -0.4 is 10.2 Å². The number of hydrogen-bond acceptors (Lipinski definition) is 4. The summed E-state index contributed by atoms with van der Waals surface area (Å²) >= 11 is 0. The van der Waals surface area contributed by atoms with Crippen molar-refractivity contribution >= 4 is 11.6 Å². The van der Waals surface area contributed by atoms with Crippen LogP contribution in [-0.4, -0.2) is 40.3 Å². The second kappa shape index (κ2) is 4.16. The van der Waals surface area contributed by atoms with E-state index in [4.69, 9.17) is 0 Å². The zero-order chi connectivity index (χ0) is 12.8. The molecule has 2 fully saturated rings. The summed E-state index contributed by atoms with van der Waals surface area (Å²) in [6.45, 7) is 3.06. The van der Waals surface area contributed by atoms with Gasteiger partial charge in [-0.3, -0.25) is 0 Å². The van der Waals surface area contributed by atoms with Gasteiger partial charge < -0.3 is 10.2 Å². The highest BCUT2D eigenvalue weighted by Crippen LogP contribution is 2.27. The van der Waals surface area contributed by atoms with Crippen LogP contribution in [0, 0.1) is 11.7 Å². The molecule has 0 bridgehead atoms. The van der Waals surface area contributed by atoms with Gasteiger partial charge >= 0.3 is 0 Å². The van der Waals surface area contributed by atoms with Gasteiger partial charge in [0.1, 0.15) is 5.82 Å². The molecule has 2 aromatic rings. The number of nitrogens with one attached hydrogen (secondary N) is 1. The van der Waals surface area contributed by atoms with Crippen LogP contribution in [0.15, 0.2) is 18.3 Å². The van der Waals surface area contributed by atoms with Crippen molar-refractivity contribution in [3.8, 4) is 0 Å². The lowest BCUT2D eigenvalue weighted by Gasteiger charge is -2.24. The van der Waals surface area contributed by atoms with Crippen LogP contribution in [0.2, 0.25) is 0 Å². The molecule has 0 spiro atoms. The monoisotopic (exact) mass is 261 g/mol. The molecular formula is C13H16FN5. The minimum atomic E-state index is -0.291. The van der Waals surface area contributed by atoms with E-state index in [1.165, 1.54) is 29.6 Å². The number of anilines is 1. The number of rotatable bonds is 1. The molecule has 0 aromatic carbocycles. The van der Waals surface area contributed by atoms with Crippen LogP contribution in [0.5, 0.6) is 0 Å². The van der Waals surface area contributed by atoms with Crippen molar-refractivity contribution < 1.29 is 4.39 Å². The quantitative estimate of drug-likeness (QED) is 0.833. The molecule has 19 heavy (non-hydrogen) atoms. The van der Waals surface area contributed by atoms with Crippen molar-refractivity contribution in [3.63, 3.8) is 0 Å². The molecule has 2 aliphatic rings. The zero-order valence-corrected chi connectivity index (χ0v) is 10.6. The molecule has 2 saturated heterocycles. The van der Waals surface area contributed by atoms with Gasteiger partial charge in [-0.2, -0.15) is 4.98 Å². The van der Waals surface area contributed by atoms with Gasteiger partial charge in [-0.25, -0.2) is 8.91 Å². The van der Waals surface area contributed by atoms with Crippen LogP contribution >= 0.6 is 0 Å². The Bertz CT molecular complexity index is 596. The number of aromatic nitrogens is 3. The average molecular weight is 261 g/mol. The third-order valence-corrected chi connectivity index (χ3v) is 4.17. The lowest BCUT2D eigenvalue weighted by molar-refractivity contribution is 0.340. The van der Waals surface area contributed by atoms with Gasteiger partial charge in [0.2, 0.25) is 5.95 Å². The Morgan fingerprint density at radius 2 is 2.26 bits per heavy atom. The summed E-state index contributed by atoms with van der Waals surface area (Å²) in [5.41, 5.74) is 0.694. The highest BCUT2D eigenvalue weighted by atomic mass is 19.1. The van der Waals surface area contributed by atoms with Crippen molar-refractivity contribution in [1.29, 1.82) is 0 Å². The fourth-order valence-electron chi connectivity index (χ4n) is 3.19. The van der Waals surface area contributed by atoms with E-state index in [1.807, 2.05) is 0 Å². The molecule has 0 amide bonds. The SMILES string of the molecule is Fc1ccc2nc(N3C[C@@H]4CCCN[C@@H]4C3)nn2c1. The second-order valence-electron chi connectivity index (χ2n) is 5.43. The van der Waals surface area contributed by atoms with E-state index in [0.717, 1.165) is 19.6 Å². The van der Waals surface area contributed by atoms with Gasteiger partial charge in [-0.05, 0) is 37.4 Å². The zero-order valence-electron chi connectivity index (χ0n) is 10.6. The number of hydrogen-bond donors (Lipinski definition) is 1. The molecule has 0 saturated carbocycles. The molecule has 4 heterocycles. The van der Waals surface area contributed by atoms with E-state index in [1.54, 1.807) is 6.07 Å². The van der Waals surface area contributed by atoms with Gasteiger partial charge in [-0.15, -0.1) is 5.10 Å². The minimum Gasteiger partial charge on any atom is -0.338 e. The Morgan fingerprint density at radius 3 is 3.16 bits per heavy atom. The fourth-order valence-corrected chi connectivity index (χ4v) is 3.19. The molecule has 0 aliphatic carbocycles. The van der Waals surface area contributed by atoms with Crippen molar-refractivity contribution in [3.05, 3.63) is 24.1 Å². The summed E-state index contributed by atoms with van der Waals surface area (Å²) in [4.78, 5) is 6.68. The summed E-state index contributed by atoms with van der Waals surface area (Å²) in [6.07, 6.45) is 3.89. The third kappa shape index (κ3) is 1.87. The molecule has 2 aromatic heterocycles. The van der Waals surface area contributed by atoms with Gasteiger partial charge in [0.25, 0.3) is 0 Å². The Hall–Kier alpha value is -1.69. The molecule has 0 radical (unpaired) electrons. The van der Waals surface area contributed by atoms with Crippen LogP contribution in [0.3, 0.4) is 0 Å². The van der Waals surface area contributed by atoms with Crippen molar-refractivity contribution in [2.45, 2.75) is 18.9 Å². The Balaban J connectivity index is 1.64. The van der Waals surface area contributed by atoms with Gasteiger partial charge in [0.15, 0.2) is 5.65 Å². The Kier molecular flexibility index (Phi) is 2.44. The number of fused-ring (bicyclic) bond motifs is 2. The van der Waals surface area contributed by atoms with E-state index in [0.29, 0.717) is 23.6 Å². The predicted molar refractivity (Wildman–Crippen MR) is 69.7 cm³/mol. The maximum Gasteiger partial charge on any atom is 0.245 e. The molecule has 5 nitrogen and oxygen atoms in total. The molecule has 6 heteroatoms. The smallest absolute Gasteiger partial charge is 0.245 e. The highest BCUT2D eigenvalue weighted by molar-refractivity contribution is 5.45. The first kappa shape index (κ1) is 11.2. The first-order valence-corrected chi connectivity index (χ1v) is 6.80. The predicted octanol–water partition coefficient (Wildman–Crippen LogP) is 1.06. The molecule has 1 N–H and O–H groups in total. The summed E-state index contributed by atoms with van der Waals surface area (Å²) in [5, 5.41) is 7.94. The molecule has 0 unspecified atom stereocenters. The number of halogens is 1. The van der Waals surface area contributed by atoms with Gasteiger partial charge in [0, 0.05) is 19.1 Å². The maximum absolute atomic E-state index is 13.2. The van der Waals surface area contributed by atoms with Crippen LogP contribution in [0.4, 0.5) is 10.3 Å². The first-order valence-electron chi connectivity index (χ1n) is 6.80. The largest absolute Gasteiger partial charge is 0.338 e. The van der Waals surface area contributed by atoms with E-state index in [9.17, 15) is 4.39 Å². The summed E-state index contributed by atoms with van der Waals surface area (Å²) in [6, 6.07) is 3.63. The van der Waals surface area contributed by atoms with E-state index in [2.05, 4.69) is 20.3 Å². The molecule has 100 valence electrons. The normalized spacial score (nSPS) is 26.9. The standard InChI is InChI=1S/C13H16FN5/c14-10-3-4-12-16-13(17-19(12)7-10)18-6-9-2-1-5-15-11(9)8-18/h3-4,7,9,11,15H,1-2,5-6,8H2/t9-,11+/m0/s1. The lowest BCUT2D eigenvalue weighted by atomic mass is 9.94. The summed E-state index contributed by atoms with van der Waals surface area (Å²) in [5.74, 6) is 1.11. The topological polar surface area (TPSA) is 45.5 Å². The van der Waals surface area contributed by atoms with E-state index < -0.39 is 0 Å². The molecule has 2 atom stereocenters. The maximum atomic E-state index is 13.2. The van der Waals surface area contributed by atoms with Crippen LogP contribution in [0.25, 0.3) is 5.65 Å². The molecule has 4 rings (SSSR count). The van der Waals surface area contributed by atoms with E-state index in [-0.39, 0.29) is 5.82 Å². The number of piperidine rings is 1. The first-order chi connectivity index (χ1) is 9.29. The third-order valence-electron chi connectivity index (χ3n) is 4.17. The number of pyridine rings is 1. The summed E-state index contributed by atoms with van der Waals surface area (Å²) < 4.78 is 14.7. The van der Waals surface area contributed by atoms with Crippen molar-refractivity contribution in [1.82, 2.24) is 19.9 Å². The van der Waals surface area contributed by atoms with Crippen LogP contribution in [-0.2, 0) is 0 Å². The number of nitrogens with zero attached hydrogens (tertiary/aromatic N) is 4. The second-order valence-corrected chi connectivity index (χ2v) is 5.43. The van der Waals surface area contributed by atoms with E-state index >= 15 is 0 Å². The van der Waals surface area contributed by atoms with Crippen LogP contribution in [0.1, 0.15) is 12.8 Å². The Morgan fingerprint density at radius 1 is 1.32 bits per heavy atom.